The van der Waals surface area contributed by atoms with Gasteiger partial charge in [0.25, 0.3) is 5.91 Å². The van der Waals surface area contributed by atoms with Crippen LogP contribution in [0.25, 0.3) is 0 Å². The summed E-state index contributed by atoms with van der Waals surface area (Å²) in [6.07, 6.45) is 3.21. The van der Waals surface area contributed by atoms with Crippen LogP contribution in [0.5, 0.6) is 0 Å². The highest BCUT2D eigenvalue weighted by molar-refractivity contribution is 5.98. The monoisotopic (exact) mass is 354 g/mol. The zero-order valence-electron chi connectivity index (χ0n) is 14.6. The maximum absolute atomic E-state index is 11.9. The lowest BCUT2D eigenvalue weighted by Gasteiger charge is -2.08. The molecule has 3 N–H and O–H groups in total. The predicted octanol–water partition coefficient (Wildman–Crippen LogP) is 1.24. The zero-order valence-corrected chi connectivity index (χ0v) is 14.6. The third-order valence-corrected chi connectivity index (χ3v) is 3.68. The molecular weight excluding hydrogens is 332 g/mol. The number of rotatable bonds is 8. The Morgan fingerprint density at radius 2 is 1.77 bits per heavy atom. The fourth-order valence-corrected chi connectivity index (χ4v) is 2.31. The van der Waals surface area contributed by atoms with E-state index in [0.29, 0.717) is 24.5 Å². The minimum Gasteiger partial charge on any atom is -0.354 e. The Kier molecular flexibility index (Phi) is 6.73. The van der Waals surface area contributed by atoms with Crippen LogP contribution >= 0.6 is 0 Å². The van der Waals surface area contributed by atoms with Crippen molar-refractivity contribution in [3.05, 3.63) is 66.5 Å². The molecule has 2 aromatic rings. The number of aromatic nitrogens is 1. The first-order chi connectivity index (χ1) is 12.5. The number of nitrogens with one attached hydrogen (secondary N) is 3. The summed E-state index contributed by atoms with van der Waals surface area (Å²) in [5.74, 6) is -0.599. The van der Waals surface area contributed by atoms with Crippen molar-refractivity contribution >= 4 is 23.4 Å². The maximum Gasteiger partial charge on any atom is 0.267 e. The molecule has 0 aliphatic rings. The van der Waals surface area contributed by atoms with Crippen LogP contribution in [-0.4, -0.2) is 35.4 Å². The molecule has 0 aliphatic carbocycles. The number of benzene rings is 1. The van der Waals surface area contributed by atoms with E-state index in [2.05, 4.69) is 22.5 Å². The van der Waals surface area contributed by atoms with Crippen molar-refractivity contribution in [2.45, 2.75) is 6.42 Å². The van der Waals surface area contributed by atoms with Gasteiger partial charge in [0.05, 0.1) is 6.42 Å². The second kappa shape index (κ2) is 9.22. The summed E-state index contributed by atoms with van der Waals surface area (Å²) in [6, 6.07) is 10.5. The number of hydrogen-bond donors (Lipinski definition) is 3. The van der Waals surface area contributed by atoms with E-state index in [1.165, 1.54) is 6.08 Å². The lowest BCUT2D eigenvalue weighted by atomic mass is 10.1. The maximum atomic E-state index is 11.9. The average Bonchev–Trinajstić information content (AvgIpc) is 3.06. The van der Waals surface area contributed by atoms with E-state index < -0.39 is 0 Å². The van der Waals surface area contributed by atoms with E-state index in [1.807, 2.05) is 0 Å². The Morgan fingerprint density at radius 1 is 1.08 bits per heavy atom. The van der Waals surface area contributed by atoms with Crippen molar-refractivity contribution in [3.8, 4) is 0 Å². The third-order valence-electron chi connectivity index (χ3n) is 3.68. The molecule has 1 aromatic heterocycles. The standard InChI is InChI=1S/C19H22N4O3/c1-3-17(24)22-15-8-6-14(7-9-15)13-18(25)20-10-11-21-19(26)16-5-4-12-23(16)2/h3-9,12H,1,10-11,13H2,2H3,(H,20,25)(H,21,26)(H,22,24). The smallest absolute Gasteiger partial charge is 0.267 e. The van der Waals surface area contributed by atoms with E-state index in [0.717, 1.165) is 5.56 Å². The Balaban J connectivity index is 1.70. The molecule has 0 radical (unpaired) electrons. The summed E-state index contributed by atoms with van der Waals surface area (Å²) in [7, 11) is 1.80. The Labute approximate surface area is 152 Å². The number of carbonyl (C=O) groups is 3. The molecule has 136 valence electrons. The molecule has 2 rings (SSSR count). The van der Waals surface area contributed by atoms with Crippen LogP contribution in [0.4, 0.5) is 5.69 Å². The fourth-order valence-electron chi connectivity index (χ4n) is 2.31. The highest BCUT2D eigenvalue weighted by Gasteiger charge is 2.08. The molecule has 0 spiro atoms. The normalized spacial score (nSPS) is 10.0. The molecule has 3 amide bonds. The van der Waals surface area contributed by atoms with Gasteiger partial charge >= 0.3 is 0 Å². The van der Waals surface area contributed by atoms with E-state index in [1.54, 1.807) is 54.2 Å². The summed E-state index contributed by atoms with van der Waals surface area (Å²) in [4.78, 5) is 35.1. The molecule has 0 unspecified atom stereocenters. The highest BCUT2D eigenvalue weighted by Crippen LogP contribution is 2.10. The van der Waals surface area contributed by atoms with Crippen LogP contribution in [0.1, 0.15) is 16.1 Å². The van der Waals surface area contributed by atoms with Crippen molar-refractivity contribution in [1.82, 2.24) is 15.2 Å². The summed E-state index contributed by atoms with van der Waals surface area (Å²) in [5, 5.41) is 8.15. The van der Waals surface area contributed by atoms with Crippen molar-refractivity contribution in [2.75, 3.05) is 18.4 Å². The average molecular weight is 354 g/mol. The first kappa shape index (κ1) is 19.0. The lowest BCUT2D eigenvalue weighted by Crippen LogP contribution is -2.35. The van der Waals surface area contributed by atoms with Gasteiger partial charge in [-0.1, -0.05) is 18.7 Å². The van der Waals surface area contributed by atoms with Crippen molar-refractivity contribution in [2.24, 2.45) is 7.05 Å². The van der Waals surface area contributed by atoms with E-state index in [-0.39, 0.29) is 24.1 Å². The van der Waals surface area contributed by atoms with Gasteiger partial charge in [-0.05, 0) is 35.9 Å². The minimum absolute atomic E-state index is 0.138. The topological polar surface area (TPSA) is 92.2 Å². The van der Waals surface area contributed by atoms with Gasteiger partial charge in [-0.15, -0.1) is 0 Å². The zero-order chi connectivity index (χ0) is 18.9. The molecule has 0 saturated carbocycles. The van der Waals surface area contributed by atoms with Gasteiger partial charge in [0.2, 0.25) is 11.8 Å². The molecule has 1 heterocycles. The molecule has 0 atom stereocenters. The van der Waals surface area contributed by atoms with Gasteiger partial charge in [0, 0.05) is 32.0 Å². The Bertz CT molecular complexity index is 793. The summed E-state index contributed by atoms with van der Waals surface area (Å²) in [5.41, 5.74) is 2.04. The molecule has 0 aliphatic heterocycles. The van der Waals surface area contributed by atoms with Crippen molar-refractivity contribution in [3.63, 3.8) is 0 Å². The quantitative estimate of drug-likeness (QED) is 0.492. The van der Waals surface area contributed by atoms with Gasteiger partial charge in [-0.25, -0.2) is 0 Å². The molecule has 26 heavy (non-hydrogen) atoms. The van der Waals surface area contributed by atoms with Crippen LogP contribution in [-0.2, 0) is 23.1 Å². The number of nitrogens with zero attached hydrogens (tertiary/aromatic N) is 1. The highest BCUT2D eigenvalue weighted by atomic mass is 16.2. The van der Waals surface area contributed by atoms with E-state index in [9.17, 15) is 14.4 Å². The lowest BCUT2D eigenvalue weighted by molar-refractivity contribution is -0.120. The van der Waals surface area contributed by atoms with Crippen LogP contribution in [0.3, 0.4) is 0 Å². The second-order valence-corrected chi connectivity index (χ2v) is 5.68. The van der Waals surface area contributed by atoms with Gasteiger partial charge in [-0.2, -0.15) is 0 Å². The second-order valence-electron chi connectivity index (χ2n) is 5.68. The van der Waals surface area contributed by atoms with Gasteiger partial charge < -0.3 is 20.5 Å². The minimum atomic E-state index is -0.284. The SMILES string of the molecule is C=CC(=O)Nc1ccc(CC(=O)NCCNC(=O)c2cccn2C)cc1. The van der Waals surface area contributed by atoms with Crippen LogP contribution in [0, 0.1) is 0 Å². The summed E-state index contributed by atoms with van der Waals surface area (Å²) < 4.78 is 1.73. The molecule has 0 saturated heterocycles. The Hall–Kier alpha value is -3.35. The third kappa shape index (κ3) is 5.62. The van der Waals surface area contributed by atoms with Crippen molar-refractivity contribution < 1.29 is 14.4 Å². The van der Waals surface area contributed by atoms with E-state index in [4.69, 9.17) is 0 Å². The van der Waals surface area contributed by atoms with Crippen LogP contribution < -0.4 is 16.0 Å². The number of carbonyl (C=O) groups excluding carboxylic acids is 3. The summed E-state index contributed by atoms with van der Waals surface area (Å²) in [6.45, 7) is 4.09. The molecular formula is C19H22N4O3. The number of hydrogen-bond acceptors (Lipinski definition) is 3. The van der Waals surface area contributed by atoms with E-state index >= 15 is 0 Å². The van der Waals surface area contributed by atoms with Crippen molar-refractivity contribution in [1.29, 1.82) is 0 Å². The van der Waals surface area contributed by atoms with Gasteiger partial charge in [0.15, 0.2) is 0 Å². The number of amides is 3. The van der Waals surface area contributed by atoms with Gasteiger partial charge in [0.1, 0.15) is 5.69 Å². The van der Waals surface area contributed by atoms with Crippen LogP contribution in [0.2, 0.25) is 0 Å². The first-order valence-electron chi connectivity index (χ1n) is 8.18. The molecule has 7 nitrogen and oxygen atoms in total. The number of aryl methyl sites for hydroxylation is 1. The fraction of sp³-hybridized carbons (Fsp3) is 0.211. The molecule has 0 fully saturated rings. The largest absolute Gasteiger partial charge is 0.354 e. The Morgan fingerprint density at radius 3 is 2.38 bits per heavy atom. The summed E-state index contributed by atoms with van der Waals surface area (Å²) >= 11 is 0. The predicted molar refractivity (Wildman–Crippen MR) is 99.7 cm³/mol. The molecule has 7 heteroatoms. The number of anilines is 1. The first-order valence-corrected chi connectivity index (χ1v) is 8.18. The van der Waals surface area contributed by atoms with Gasteiger partial charge in [-0.3, -0.25) is 14.4 Å². The molecule has 1 aromatic carbocycles. The van der Waals surface area contributed by atoms with Crippen LogP contribution in [0.15, 0.2) is 55.3 Å². The molecule has 0 bridgehead atoms.